The number of aryl methyl sites for hydroxylation is 3. The van der Waals surface area contributed by atoms with Crippen molar-refractivity contribution >= 4 is 27.4 Å². The lowest BCUT2D eigenvalue weighted by Gasteiger charge is -2.27. The Balaban J connectivity index is 1.59. The fourth-order valence-electron chi connectivity index (χ4n) is 4.28. The molecular formula is C21H24N4OS. The zero-order valence-corrected chi connectivity index (χ0v) is 16.5. The van der Waals surface area contributed by atoms with Crippen LogP contribution in [0.1, 0.15) is 41.1 Å². The molecule has 0 saturated carbocycles. The highest BCUT2D eigenvalue weighted by Crippen LogP contribution is 2.41. The first-order valence-electron chi connectivity index (χ1n) is 9.82. The fourth-order valence-corrected chi connectivity index (χ4v) is 5.58. The van der Waals surface area contributed by atoms with Gasteiger partial charge < -0.3 is 9.64 Å². The highest BCUT2D eigenvalue weighted by atomic mass is 32.1. The molecule has 1 fully saturated rings. The zero-order valence-electron chi connectivity index (χ0n) is 15.6. The van der Waals surface area contributed by atoms with Crippen LogP contribution in [-0.4, -0.2) is 34.2 Å². The number of thiophene rings is 1. The summed E-state index contributed by atoms with van der Waals surface area (Å²) in [4.78, 5) is 19.0. The Hall–Kier alpha value is -2.05. The van der Waals surface area contributed by atoms with Gasteiger partial charge >= 0.3 is 0 Å². The summed E-state index contributed by atoms with van der Waals surface area (Å²) in [7, 11) is 0. The van der Waals surface area contributed by atoms with Gasteiger partial charge in [0.1, 0.15) is 16.5 Å². The van der Waals surface area contributed by atoms with Crippen LogP contribution in [0.3, 0.4) is 0 Å². The Kier molecular flexibility index (Phi) is 4.53. The molecule has 4 heterocycles. The van der Waals surface area contributed by atoms with Gasteiger partial charge in [0.25, 0.3) is 0 Å². The van der Waals surface area contributed by atoms with Crippen LogP contribution in [0.25, 0.3) is 10.2 Å². The van der Waals surface area contributed by atoms with Crippen molar-refractivity contribution in [2.75, 3.05) is 18.1 Å². The minimum atomic E-state index is 0.277. The van der Waals surface area contributed by atoms with Crippen molar-refractivity contribution < 1.29 is 4.74 Å². The molecular weight excluding hydrogens is 356 g/mol. The second-order valence-corrected chi connectivity index (χ2v) is 8.59. The number of ether oxygens (including phenoxy) is 1. The number of hydrogen-bond donors (Lipinski definition) is 0. The van der Waals surface area contributed by atoms with Gasteiger partial charge in [-0.25, -0.2) is 9.97 Å². The topological polar surface area (TPSA) is 51.1 Å². The molecule has 5 rings (SSSR count). The number of rotatable bonds is 5. The van der Waals surface area contributed by atoms with E-state index in [1.807, 2.05) is 36.7 Å². The first kappa shape index (κ1) is 17.1. The summed E-state index contributed by atoms with van der Waals surface area (Å²) in [6.07, 6.45) is 9.91. The lowest BCUT2D eigenvalue weighted by Crippen LogP contribution is -2.33. The molecule has 0 spiro atoms. The Bertz CT molecular complexity index is 950. The third-order valence-corrected chi connectivity index (χ3v) is 6.69. The Labute approximate surface area is 163 Å². The molecule has 1 atom stereocenters. The van der Waals surface area contributed by atoms with Crippen molar-refractivity contribution in [1.82, 2.24) is 15.0 Å². The number of fused-ring (bicyclic) bond motifs is 3. The van der Waals surface area contributed by atoms with Crippen LogP contribution in [-0.2, 0) is 24.1 Å². The molecule has 0 amide bonds. The third-order valence-electron chi connectivity index (χ3n) is 5.50. The van der Waals surface area contributed by atoms with Gasteiger partial charge in [0.15, 0.2) is 0 Å². The highest BCUT2D eigenvalue weighted by Gasteiger charge is 2.27. The number of pyridine rings is 1. The van der Waals surface area contributed by atoms with Gasteiger partial charge in [0, 0.05) is 37.0 Å². The third kappa shape index (κ3) is 3.32. The van der Waals surface area contributed by atoms with Crippen molar-refractivity contribution in [2.24, 2.45) is 0 Å². The summed E-state index contributed by atoms with van der Waals surface area (Å²) in [5.74, 6) is 1.93. The quantitative estimate of drug-likeness (QED) is 0.668. The van der Waals surface area contributed by atoms with Gasteiger partial charge in [-0.15, -0.1) is 11.3 Å². The van der Waals surface area contributed by atoms with E-state index in [2.05, 4.69) is 16.0 Å². The molecule has 0 N–H and O–H groups in total. The van der Waals surface area contributed by atoms with Crippen LogP contribution in [0, 0.1) is 6.92 Å². The second-order valence-electron chi connectivity index (χ2n) is 7.51. The van der Waals surface area contributed by atoms with Crippen LogP contribution in [0.15, 0.2) is 24.5 Å². The van der Waals surface area contributed by atoms with Gasteiger partial charge in [-0.1, -0.05) is 6.07 Å². The van der Waals surface area contributed by atoms with Gasteiger partial charge in [-0.2, -0.15) is 0 Å². The molecule has 5 nitrogen and oxygen atoms in total. The maximum atomic E-state index is 5.96. The molecule has 0 bridgehead atoms. The van der Waals surface area contributed by atoms with Gasteiger partial charge in [0.05, 0.1) is 11.5 Å². The summed E-state index contributed by atoms with van der Waals surface area (Å²) in [5.41, 5.74) is 2.68. The summed E-state index contributed by atoms with van der Waals surface area (Å²) in [6.45, 7) is 4.54. The maximum Gasteiger partial charge on any atom is 0.141 e. The Morgan fingerprint density at radius 3 is 3.04 bits per heavy atom. The van der Waals surface area contributed by atoms with Crippen molar-refractivity contribution in [1.29, 1.82) is 0 Å². The van der Waals surface area contributed by atoms with Crippen LogP contribution < -0.4 is 4.90 Å². The normalized spacial score (nSPS) is 18.9. The van der Waals surface area contributed by atoms with Crippen molar-refractivity contribution in [3.05, 3.63) is 46.4 Å². The van der Waals surface area contributed by atoms with E-state index < -0.39 is 0 Å². The van der Waals surface area contributed by atoms with E-state index in [-0.39, 0.29) is 6.10 Å². The molecule has 0 radical (unpaired) electrons. The van der Waals surface area contributed by atoms with E-state index in [1.165, 1.54) is 34.2 Å². The monoisotopic (exact) mass is 380 g/mol. The Morgan fingerprint density at radius 1 is 1.26 bits per heavy atom. The van der Waals surface area contributed by atoms with E-state index in [9.17, 15) is 0 Å². The molecule has 0 aromatic carbocycles. The van der Waals surface area contributed by atoms with E-state index in [0.717, 1.165) is 55.4 Å². The van der Waals surface area contributed by atoms with Crippen LogP contribution in [0.5, 0.6) is 0 Å². The zero-order chi connectivity index (χ0) is 18.2. The molecule has 27 heavy (non-hydrogen) atoms. The van der Waals surface area contributed by atoms with E-state index in [4.69, 9.17) is 14.7 Å². The standard InChI is InChI=1S/C21H24N4OS/c1-14-23-20(19-17-7-2-8-18(17)27-21(19)24-14)25(13-16-6-4-10-26-16)12-15-5-3-9-22-11-15/h3,5,9,11,16H,2,4,6-8,10,12-13H2,1H3/t16-/m1/s1. The summed E-state index contributed by atoms with van der Waals surface area (Å²) < 4.78 is 5.96. The lowest BCUT2D eigenvalue weighted by molar-refractivity contribution is 0.115. The molecule has 140 valence electrons. The fraction of sp³-hybridized carbons (Fsp3) is 0.476. The first-order chi connectivity index (χ1) is 13.3. The van der Waals surface area contributed by atoms with Crippen LogP contribution >= 0.6 is 11.3 Å². The smallest absolute Gasteiger partial charge is 0.141 e. The maximum absolute atomic E-state index is 5.96. The van der Waals surface area contributed by atoms with Crippen molar-refractivity contribution in [3.8, 4) is 0 Å². The second kappa shape index (κ2) is 7.17. The van der Waals surface area contributed by atoms with Crippen LogP contribution in [0.2, 0.25) is 0 Å². The minimum absolute atomic E-state index is 0.277. The highest BCUT2D eigenvalue weighted by molar-refractivity contribution is 7.19. The predicted octanol–water partition coefficient (Wildman–Crippen LogP) is 4.07. The molecule has 1 aliphatic carbocycles. The Morgan fingerprint density at radius 2 is 2.22 bits per heavy atom. The molecule has 1 saturated heterocycles. The minimum Gasteiger partial charge on any atom is -0.376 e. The lowest BCUT2D eigenvalue weighted by atomic mass is 10.1. The van der Waals surface area contributed by atoms with Crippen molar-refractivity contribution in [2.45, 2.75) is 51.7 Å². The number of hydrogen-bond acceptors (Lipinski definition) is 6. The van der Waals surface area contributed by atoms with Crippen LogP contribution in [0.4, 0.5) is 5.82 Å². The molecule has 6 heteroatoms. The molecule has 1 aliphatic heterocycles. The number of nitrogens with zero attached hydrogens (tertiary/aromatic N) is 4. The summed E-state index contributed by atoms with van der Waals surface area (Å²) in [6, 6.07) is 4.14. The average molecular weight is 381 g/mol. The average Bonchev–Trinajstić information content (AvgIpc) is 3.38. The SMILES string of the molecule is Cc1nc(N(Cc2cccnc2)C[C@H]2CCCO2)c2c3c(sc2n1)CCC3. The molecule has 2 aliphatic rings. The summed E-state index contributed by atoms with van der Waals surface area (Å²) in [5, 5.41) is 1.28. The number of aromatic nitrogens is 3. The number of anilines is 1. The van der Waals surface area contributed by atoms with E-state index in [1.54, 1.807) is 0 Å². The molecule has 0 unspecified atom stereocenters. The van der Waals surface area contributed by atoms with Gasteiger partial charge in [-0.05, 0) is 56.2 Å². The molecule has 3 aromatic rings. The van der Waals surface area contributed by atoms with E-state index >= 15 is 0 Å². The largest absolute Gasteiger partial charge is 0.376 e. The first-order valence-corrected chi connectivity index (χ1v) is 10.6. The van der Waals surface area contributed by atoms with Gasteiger partial charge in [-0.3, -0.25) is 4.98 Å². The predicted molar refractivity (Wildman–Crippen MR) is 108 cm³/mol. The molecule has 3 aromatic heterocycles. The van der Waals surface area contributed by atoms with E-state index in [0.29, 0.717) is 0 Å². The van der Waals surface area contributed by atoms with Gasteiger partial charge in [0.2, 0.25) is 0 Å². The summed E-state index contributed by atoms with van der Waals surface area (Å²) >= 11 is 1.86. The van der Waals surface area contributed by atoms with Crippen molar-refractivity contribution in [3.63, 3.8) is 0 Å².